The van der Waals surface area contributed by atoms with Gasteiger partial charge in [-0.05, 0) is 24.1 Å². The number of methoxy groups -OCH3 is 2. The van der Waals surface area contributed by atoms with Gasteiger partial charge in [0.15, 0.2) is 9.96 Å². The molecular formula is C15H19ClN2O5S2. The second-order valence-electron chi connectivity index (χ2n) is 4.85. The summed E-state index contributed by atoms with van der Waals surface area (Å²) < 4.78 is 37.0. The van der Waals surface area contributed by atoms with E-state index in [0.29, 0.717) is 12.1 Å². The fourth-order valence-electron chi connectivity index (χ4n) is 1.97. The van der Waals surface area contributed by atoms with Crippen molar-refractivity contribution in [1.29, 1.82) is 0 Å². The average molecular weight is 407 g/mol. The number of hydrogen-bond acceptors (Lipinski definition) is 7. The van der Waals surface area contributed by atoms with Crippen molar-refractivity contribution in [1.82, 2.24) is 4.72 Å². The average Bonchev–Trinajstić information content (AvgIpc) is 3.01. The molecule has 0 spiro atoms. The van der Waals surface area contributed by atoms with E-state index in [1.54, 1.807) is 12.1 Å². The summed E-state index contributed by atoms with van der Waals surface area (Å²) in [5.74, 6) is -0.498. The van der Waals surface area contributed by atoms with Gasteiger partial charge in [0.05, 0.1) is 14.2 Å². The van der Waals surface area contributed by atoms with Gasteiger partial charge >= 0.3 is 5.97 Å². The Hall–Kier alpha value is -1.81. The maximum atomic E-state index is 12.4. The van der Waals surface area contributed by atoms with Gasteiger partial charge in [0.2, 0.25) is 0 Å². The van der Waals surface area contributed by atoms with E-state index in [2.05, 4.69) is 9.46 Å². The Kier molecular flexibility index (Phi) is 7.68. The third-order valence-corrected chi connectivity index (χ3v) is 6.27. The minimum atomic E-state index is -3.79. The number of halogens is 1. The zero-order valence-electron chi connectivity index (χ0n) is 13.6. The van der Waals surface area contributed by atoms with Gasteiger partial charge in [-0.2, -0.15) is 0 Å². The maximum Gasteiger partial charge on any atom is 0.348 e. The molecule has 2 aromatic rings. The molecule has 10 heteroatoms. The first-order chi connectivity index (χ1) is 11.4. The van der Waals surface area contributed by atoms with Gasteiger partial charge in [0, 0.05) is 18.3 Å². The molecule has 1 heterocycles. The van der Waals surface area contributed by atoms with Crippen LogP contribution in [0.25, 0.3) is 0 Å². The number of anilines is 1. The molecule has 0 aliphatic carbocycles. The number of thiophene rings is 1. The Balaban J connectivity index is 0.00000312. The van der Waals surface area contributed by atoms with Crippen LogP contribution >= 0.6 is 23.7 Å². The highest BCUT2D eigenvalue weighted by atomic mass is 35.5. The van der Waals surface area contributed by atoms with E-state index >= 15 is 0 Å². The predicted octanol–water partition coefficient (Wildman–Crippen LogP) is 2.07. The molecule has 0 saturated heterocycles. The van der Waals surface area contributed by atoms with E-state index in [-0.39, 0.29) is 33.8 Å². The zero-order chi connectivity index (χ0) is 17.7. The number of ether oxygens (including phenoxy) is 2. The van der Waals surface area contributed by atoms with Gasteiger partial charge in [0.1, 0.15) is 4.88 Å². The second kappa shape index (κ2) is 9.04. The van der Waals surface area contributed by atoms with Crippen LogP contribution in [0.3, 0.4) is 0 Å². The third kappa shape index (κ3) is 5.33. The third-order valence-electron chi connectivity index (χ3n) is 3.20. The van der Waals surface area contributed by atoms with Crippen molar-refractivity contribution in [2.75, 3.05) is 26.5 Å². The van der Waals surface area contributed by atoms with Crippen molar-refractivity contribution < 1.29 is 22.7 Å². The highest BCUT2D eigenvalue weighted by Crippen LogP contribution is 2.33. The number of carbonyl (C=O) groups excluding carboxylic acids is 1. The smallest absolute Gasteiger partial charge is 0.348 e. The van der Waals surface area contributed by atoms with Crippen molar-refractivity contribution in [3.8, 4) is 5.75 Å². The molecule has 1 aromatic carbocycles. The lowest BCUT2D eigenvalue weighted by Crippen LogP contribution is -2.25. The van der Waals surface area contributed by atoms with E-state index < -0.39 is 16.0 Å². The van der Waals surface area contributed by atoms with Crippen LogP contribution in [-0.4, -0.2) is 35.2 Å². The van der Waals surface area contributed by atoms with Gasteiger partial charge in [-0.25, -0.2) is 17.9 Å². The van der Waals surface area contributed by atoms with Crippen LogP contribution in [0.15, 0.2) is 34.5 Å². The van der Waals surface area contributed by atoms with E-state index in [4.69, 9.17) is 10.5 Å². The first kappa shape index (κ1) is 21.2. The first-order valence-corrected chi connectivity index (χ1v) is 9.27. The summed E-state index contributed by atoms with van der Waals surface area (Å²) in [6.45, 7) is 0.209. The molecule has 0 fully saturated rings. The Morgan fingerprint density at radius 2 is 1.88 bits per heavy atom. The van der Waals surface area contributed by atoms with Gasteiger partial charge in [-0.3, -0.25) is 0 Å². The van der Waals surface area contributed by atoms with Crippen molar-refractivity contribution in [2.24, 2.45) is 0 Å². The van der Waals surface area contributed by atoms with Crippen molar-refractivity contribution in [3.63, 3.8) is 0 Å². The van der Waals surface area contributed by atoms with E-state index in [0.717, 1.165) is 16.9 Å². The monoisotopic (exact) mass is 406 g/mol. The van der Waals surface area contributed by atoms with Crippen LogP contribution < -0.4 is 15.2 Å². The Labute approximate surface area is 156 Å². The molecule has 0 saturated carbocycles. The maximum absolute atomic E-state index is 12.4. The summed E-state index contributed by atoms with van der Waals surface area (Å²) >= 11 is 0.805. The number of nitrogens with one attached hydrogen (secondary N) is 1. The minimum Gasteiger partial charge on any atom is -0.494 e. The Bertz CT molecular complexity index is 819. The number of benzene rings is 1. The molecule has 1 aromatic heterocycles. The van der Waals surface area contributed by atoms with Crippen LogP contribution in [-0.2, 0) is 21.2 Å². The quantitative estimate of drug-likeness (QED) is 0.538. The van der Waals surface area contributed by atoms with Gasteiger partial charge in [0.25, 0.3) is 10.0 Å². The summed E-state index contributed by atoms with van der Waals surface area (Å²) in [5, 5.41) is 0. The summed E-state index contributed by atoms with van der Waals surface area (Å²) in [5.41, 5.74) is 7.22. The molecule has 25 heavy (non-hydrogen) atoms. The van der Waals surface area contributed by atoms with Crippen molar-refractivity contribution in [2.45, 2.75) is 10.6 Å². The predicted molar refractivity (Wildman–Crippen MR) is 99.2 cm³/mol. The number of nitrogens with two attached hydrogens (primary N) is 1. The van der Waals surface area contributed by atoms with E-state index in [1.807, 2.05) is 12.1 Å². The van der Waals surface area contributed by atoms with Gasteiger partial charge in [-0.1, -0.05) is 12.1 Å². The van der Waals surface area contributed by atoms with E-state index in [9.17, 15) is 13.2 Å². The van der Waals surface area contributed by atoms with Gasteiger partial charge in [-0.15, -0.1) is 23.7 Å². The number of hydrogen-bond donors (Lipinski definition) is 2. The zero-order valence-corrected chi connectivity index (χ0v) is 16.1. The minimum absolute atomic E-state index is 0. The number of rotatable bonds is 7. The number of sulfonamides is 1. The molecule has 0 atom stereocenters. The van der Waals surface area contributed by atoms with Crippen molar-refractivity contribution in [3.05, 3.63) is 40.8 Å². The molecule has 7 nitrogen and oxygen atoms in total. The Morgan fingerprint density at radius 3 is 2.44 bits per heavy atom. The molecule has 2 rings (SSSR count). The first-order valence-electron chi connectivity index (χ1n) is 6.97. The Morgan fingerprint density at radius 1 is 1.24 bits per heavy atom. The van der Waals surface area contributed by atoms with E-state index in [1.165, 1.54) is 20.3 Å². The lowest BCUT2D eigenvalue weighted by molar-refractivity contribution is 0.0606. The van der Waals surface area contributed by atoms with Crippen LogP contribution in [0.1, 0.15) is 15.2 Å². The number of carbonyl (C=O) groups is 1. The molecule has 0 aliphatic heterocycles. The molecule has 0 bridgehead atoms. The van der Waals surface area contributed by atoms with Crippen LogP contribution in [0.4, 0.5) is 5.69 Å². The van der Waals surface area contributed by atoms with Crippen LogP contribution in [0, 0.1) is 0 Å². The molecular weight excluding hydrogens is 388 g/mol. The summed E-state index contributed by atoms with van der Waals surface area (Å²) in [6, 6.07) is 8.55. The topological polar surface area (TPSA) is 108 Å². The fourth-order valence-corrected chi connectivity index (χ4v) is 4.54. The second-order valence-corrected chi connectivity index (χ2v) is 7.86. The fraction of sp³-hybridized carbons (Fsp3) is 0.267. The largest absolute Gasteiger partial charge is 0.494 e. The summed E-state index contributed by atoms with van der Waals surface area (Å²) in [7, 11) is -1.22. The van der Waals surface area contributed by atoms with Crippen molar-refractivity contribution >= 4 is 45.4 Å². The van der Waals surface area contributed by atoms with Crippen LogP contribution in [0.2, 0.25) is 0 Å². The number of esters is 1. The summed E-state index contributed by atoms with van der Waals surface area (Å²) in [4.78, 5) is 11.7. The molecule has 3 N–H and O–H groups in total. The molecule has 0 radical (unpaired) electrons. The molecule has 0 amide bonds. The van der Waals surface area contributed by atoms with Crippen LogP contribution in [0.5, 0.6) is 5.75 Å². The molecule has 0 aliphatic rings. The normalized spacial score (nSPS) is 10.8. The SMILES string of the molecule is COC(=O)c1cc(OC)c(S(=O)(=O)NCCc2ccc(N)cc2)s1.Cl. The van der Waals surface area contributed by atoms with Gasteiger partial charge < -0.3 is 15.2 Å². The molecule has 138 valence electrons. The summed E-state index contributed by atoms with van der Waals surface area (Å²) in [6.07, 6.45) is 0.511. The lowest BCUT2D eigenvalue weighted by Gasteiger charge is -2.07. The standard InChI is InChI=1S/C15H18N2O5S2.ClH/c1-21-12-9-13(14(18)22-2)23-15(12)24(19,20)17-8-7-10-3-5-11(16)6-4-10;/h3-6,9,17H,7-8,16H2,1-2H3;1H. The number of nitrogen functional groups attached to an aromatic ring is 1. The lowest BCUT2D eigenvalue weighted by atomic mass is 10.1. The molecule has 0 unspecified atom stereocenters. The highest BCUT2D eigenvalue weighted by Gasteiger charge is 2.25. The highest BCUT2D eigenvalue weighted by molar-refractivity contribution is 7.91.